The van der Waals surface area contributed by atoms with Gasteiger partial charge in [0.05, 0.1) is 10.6 Å². The van der Waals surface area contributed by atoms with Crippen molar-refractivity contribution in [3.63, 3.8) is 0 Å². The highest BCUT2D eigenvalue weighted by Gasteiger charge is 2.36. The third-order valence-corrected chi connectivity index (χ3v) is 8.32. The Bertz CT molecular complexity index is 1030. The third-order valence-electron chi connectivity index (χ3n) is 6.40. The van der Waals surface area contributed by atoms with Gasteiger partial charge in [0.1, 0.15) is 0 Å². The van der Waals surface area contributed by atoms with Crippen LogP contribution in [0, 0.1) is 0 Å². The molecule has 160 valence electrons. The van der Waals surface area contributed by atoms with E-state index in [1.165, 1.54) is 10.7 Å². The number of hydrogen-bond acceptors (Lipinski definition) is 3. The molecular formula is C24H30N2O3S. The van der Waals surface area contributed by atoms with Crippen molar-refractivity contribution in [3.05, 3.63) is 59.7 Å². The predicted molar refractivity (Wildman–Crippen MR) is 119 cm³/mol. The van der Waals surface area contributed by atoms with Crippen LogP contribution in [0.3, 0.4) is 0 Å². The minimum atomic E-state index is -3.75. The molecule has 30 heavy (non-hydrogen) atoms. The molecular weight excluding hydrogens is 396 g/mol. The van der Waals surface area contributed by atoms with Gasteiger partial charge in [-0.05, 0) is 62.9 Å². The molecule has 6 heteroatoms. The Labute approximate surface area is 179 Å². The maximum absolute atomic E-state index is 13.5. The van der Waals surface area contributed by atoms with Crippen LogP contribution >= 0.6 is 0 Å². The van der Waals surface area contributed by atoms with Crippen LogP contribution in [-0.2, 0) is 16.4 Å². The molecule has 1 heterocycles. The van der Waals surface area contributed by atoms with Gasteiger partial charge in [-0.1, -0.05) is 43.5 Å². The van der Waals surface area contributed by atoms with Crippen LogP contribution in [0.2, 0.25) is 0 Å². The van der Waals surface area contributed by atoms with Crippen molar-refractivity contribution in [1.82, 2.24) is 4.90 Å². The molecule has 4 rings (SSSR count). The van der Waals surface area contributed by atoms with Crippen molar-refractivity contribution in [3.8, 4) is 0 Å². The number of nitrogens with zero attached hydrogens (tertiary/aromatic N) is 2. The van der Waals surface area contributed by atoms with Crippen molar-refractivity contribution in [2.24, 2.45) is 0 Å². The Balaban J connectivity index is 1.65. The number of anilines is 1. The summed E-state index contributed by atoms with van der Waals surface area (Å²) >= 11 is 0. The largest absolute Gasteiger partial charge is 0.336 e. The second-order valence-electron chi connectivity index (χ2n) is 8.39. The smallest absolute Gasteiger partial charge is 0.264 e. The van der Waals surface area contributed by atoms with Crippen LogP contribution in [0.1, 0.15) is 61.9 Å². The van der Waals surface area contributed by atoms with Crippen LogP contribution in [-0.4, -0.2) is 37.9 Å². The molecule has 2 aromatic carbocycles. The second kappa shape index (κ2) is 8.42. The minimum absolute atomic E-state index is 0.0729. The summed E-state index contributed by atoms with van der Waals surface area (Å²) < 4.78 is 28.6. The van der Waals surface area contributed by atoms with E-state index in [0.717, 1.165) is 36.9 Å². The number of sulfonamides is 1. The van der Waals surface area contributed by atoms with E-state index in [2.05, 4.69) is 0 Å². The van der Waals surface area contributed by atoms with Crippen LogP contribution in [0.5, 0.6) is 0 Å². The minimum Gasteiger partial charge on any atom is -0.336 e. The number of amides is 1. The predicted octanol–water partition coefficient (Wildman–Crippen LogP) is 4.62. The standard InChI is InChI=1S/C24H30N2O3S/c1-3-25(21-12-5-4-6-13-21)24(27)20-11-9-14-22(17-20)30(28,29)26-18(2)16-19-10-7-8-15-23(19)26/h7-11,14-15,17-18,21H,3-6,12-13,16H2,1-2H3/t18-/m1/s1. The summed E-state index contributed by atoms with van der Waals surface area (Å²) in [4.78, 5) is 15.3. The van der Waals surface area contributed by atoms with Gasteiger partial charge in [0, 0.05) is 24.2 Å². The molecule has 0 unspecified atom stereocenters. The number of rotatable bonds is 5. The highest BCUT2D eigenvalue weighted by Crippen LogP contribution is 2.36. The van der Waals surface area contributed by atoms with Crippen molar-refractivity contribution in [2.45, 2.75) is 69.4 Å². The lowest BCUT2D eigenvalue weighted by atomic mass is 9.93. The van der Waals surface area contributed by atoms with E-state index in [1.54, 1.807) is 24.3 Å². The average Bonchev–Trinajstić information content (AvgIpc) is 3.11. The Hall–Kier alpha value is -2.34. The van der Waals surface area contributed by atoms with E-state index in [-0.39, 0.29) is 22.9 Å². The van der Waals surface area contributed by atoms with E-state index in [0.29, 0.717) is 18.5 Å². The Kier molecular flexibility index (Phi) is 5.87. The molecule has 1 saturated carbocycles. The summed E-state index contributed by atoms with van der Waals surface area (Å²) in [5, 5.41) is 0. The number of hydrogen-bond donors (Lipinski definition) is 0. The summed E-state index contributed by atoms with van der Waals surface area (Å²) in [6.07, 6.45) is 6.27. The molecule has 1 amide bonds. The zero-order chi connectivity index (χ0) is 21.3. The highest BCUT2D eigenvalue weighted by molar-refractivity contribution is 7.92. The first-order chi connectivity index (χ1) is 14.4. The van der Waals surface area contributed by atoms with Gasteiger partial charge in [-0.15, -0.1) is 0 Å². The fourth-order valence-electron chi connectivity index (χ4n) is 4.93. The molecule has 5 nitrogen and oxygen atoms in total. The fraction of sp³-hybridized carbons (Fsp3) is 0.458. The SMILES string of the molecule is CCN(C(=O)c1cccc(S(=O)(=O)N2c3ccccc3C[C@H]2C)c1)C1CCCCC1. The van der Waals surface area contributed by atoms with E-state index < -0.39 is 10.0 Å². The number of fused-ring (bicyclic) bond motifs is 1. The van der Waals surface area contributed by atoms with Crippen LogP contribution in [0.25, 0.3) is 0 Å². The first-order valence-corrected chi connectivity index (χ1v) is 12.4. The molecule has 1 aliphatic carbocycles. The fourth-order valence-corrected chi connectivity index (χ4v) is 6.67. The summed E-state index contributed by atoms with van der Waals surface area (Å²) in [6, 6.07) is 14.3. The zero-order valence-electron chi connectivity index (χ0n) is 17.8. The van der Waals surface area contributed by atoms with Gasteiger partial charge in [-0.2, -0.15) is 0 Å². The molecule has 0 saturated heterocycles. The van der Waals surface area contributed by atoms with Gasteiger partial charge in [0.15, 0.2) is 0 Å². The molecule has 2 aromatic rings. The lowest BCUT2D eigenvalue weighted by molar-refractivity contribution is 0.0647. The molecule has 0 bridgehead atoms. The van der Waals surface area contributed by atoms with Crippen molar-refractivity contribution < 1.29 is 13.2 Å². The molecule has 0 spiro atoms. The molecule has 1 atom stereocenters. The van der Waals surface area contributed by atoms with E-state index >= 15 is 0 Å². The molecule has 1 fully saturated rings. The first-order valence-electron chi connectivity index (χ1n) is 11.0. The summed E-state index contributed by atoms with van der Waals surface area (Å²) in [7, 11) is -3.75. The van der Waals surface area contributed by atoms with Gasteiger partial charge in [-0.3, -0.25) is 9.10 Å². The number of para-hydroxylation sites is 1. The van der Waals surface area contributed by atoms with E-state index in [9.17, 15) is 13.2 Å². The van der Waals surface area contributed by atoms with Crippen molar-refractivity contribution >= 4 is 21.6 Å². The normalized spacial score (nSPS) is 19.5. The highest BCUT2D eigenvalue weighted by atomic mass is 32.2. The Morgan fingerprint density at radius 1 is 1.07 bits per heavy atom. The third kappa shape index (κ3) is 3.73. The first kappa shape index (κ1) is 20.9. The van der Waals surface area contributed by atoms with Gasteiger partial charge in [-0.25, -0.2) is 8.42 Å². The lowest BCUT2D eigenvalue weighted by Crippen LogP contribution is -2.41. The topological polar surface area (TPSA) is 57.7 Å². The lowest BCUT2D eigenvalue weighted by Gasteiger charge is -2.33. The van der Waals surface area contributed by atoms with Crippen LogP contribution in [0.15, 0.2) is 53.4 Å². The Morgan fingerprint density at radius 3 is 2.53 bits per heavy atom. The molecule has 1 aliphatic heterocycles. The molecule has 0 aromatic heterocycles. The van der Waals surface area contributed by atoms with Crippen molar-refractivity contribution in [2.75, 3.05) is 10.8 Å². The van der Waals surface area contributed by atoms with Gasteiger partial charge >= 0.3 is 0 Å². The number of benzene rings is 2. The number of carbonyl (C=O) groups excluding carboxylic acids is 1. The van der Waals surface area contributed by atoms with Gasteiger partial charge < -0.3 is 4.90 Å². The molecule has 0 radical (unpaired) electrons. The zero-order valence-corrected chi connectivity index (χ0v) is 18.6. The van der Waals surface area contributed by atoms with Crippen LogP contribution < -0.4 is 4.31 Å². The molecule has 2 aliphatic rings. The van der Waals surface area contributed by atoms with E-state index in [1.807, 2.05) is 43.0 Å². The van der Waals surface area contributed by atoms with Crippen molar-refractivity contribution in [1.29, 1.82) is 0 Å². The average molecular weight is 427 g/mol. The maximum atomic E-state index is 13.5. The quantitative estimate of drug-likeness (QED) is 0.701. The second-order valence-corrected chi connectivity index (χ2v) is 10.2. The van der Waals surface area contributed by atoms with Gasteiger partial charge in [0.2, 0.25) is 0 Å². The number of carbonyl (C=O) groups is 1. The maximum Gasteiger partial charge on any atom is 0.264 e. The Morgan fingerprint density at radius 2 is 1.80 bits per heavy atom. The summed E-state index contributed by atoms with van der Waals surface area (Å²) in [6.45, 7) is 4.56. The van der Waals surface area contributed by atoms with E-state index in [4.69, 9.17) is 0 Å². The molecule has 0 N–H and O–H groups in total. The summed E-state index contributed by atoms with van der Waals surface area (Å²) in [5.41, 5.74) is 2.22. The summed E-state index contributed by atoms with van der Waals surface area (Å²) in [5.74, 6) is -0.0729. The van der Waals surface area contributed by atoms with Gasteiger partial charge in [0.25, 0.3) is 15.9 Å². The van der Waals surface area contributed by atoms with Crippen LogP contribution in [0.4, 0.5) is 5.69 Å². The monoisotopic (exact) mass is 426 g/mol.